The molecule has 1 aromatic rings. The maximum atomic E-state index is 12.1. The third-order valence-corrected chi connectivity index (χ3v) is 4.28. The number of carbonyl (C=O) groups is 1. The molecule has 2 N–H and O–H groups in total. The van der Waals surface area contributed by atoms with Crippen molar-refractivity contribution in [1.29, 1.82) is 0 Å². The highest BCUT2D eigenvalue weighted by atomic mass is 79.9. The van der Waals surface area contributed by atoms with Crippen molar-refractivity contribution in [3.05, 3.63) is 20.8 Å². The number of amides is 1. The highest BCUT2D eigenvalue weighted by Gasteiger charge is 2.22. The summed E-state index contributed by atoms with van der Waals surface area (Å²) in [6.45, 7) is 7.25. The molecular weight excluding hydrogens is 300 g/mol. The minimum absolute atomic E-state index is 0.0343. The SMILES string of the molecule is CCN(Cc1ccc(Br)s1)C(=O)[C@@H](N)C(C)C. The van der Waals surface area contributed by atoms with Gasteiger partial charge in [0.1, 0.15) is 0 Å². The van der Waals surface area contributed by atoms with E-state index in [2.05, 4.69) is 15.9 Å². The molecule has 1 rings (SSSR count). The van der Waals surface area contributed by atoms with Crippen LogP contribution >= 0.6 is 27.3 Å². The van der Waals surface area contributed by atoms with E-state index in [1.54, 1.807) is 11.3 Å². The molecule has 96 valence electrons. The summed E-state index contributed by atoms with van der Waals surface area (Å²) in [4.78, 5) is 15.1. The summed E-state index contributed by atoms with van der Waals surface area (Å²) in [5.41, 5.74) is 5.90. The molecule has 0 saturated carbocycles. The molecule has 17 heavy (non-hydrogen) atoms. The van der Waals surface area contributed by atoms with Gasteiger partial charge in [-0.3, -0.25) is 4.79 Å². The smallest absolute Gasteiger partial charge is 0.240 e. The minimum atomic E-state index is -0.404. The zero-order chi connectivity index (χ0) is 13.0. The van der Waals surface area contributed by atoms with Gasteiger partial charge >= 0.3 is 0 Å². The molecule has 0 radical (unpaired) electrons. The zero-order valence-corrected chi connectivity index (χ0v) is 12.8. The lowest BCUT2D eigenvalue weighted by molar-refractivity contribution is -0.133. The third kappa shape index (κ3) is 4.08. The molecule has 1 atom stereocenters. The molecule has 1 amide bonds. The first-order valence-corrected chi connectivity index (χ1v) is 7.35. The highest BCUT2D eigenvalue weighted by molar-refractivity contribution is 9.11. The second-order valence-corrected chi connectivity index (χ2v) is 6.88. The second kappa shape index (κ2) is 6.52. The Kier molecular flexibility index (Phi) is 5.62. The van der Waals surface area contributed by atoms with Gasteiger partial charge in [0.05, 0.1) is 16.4 Å². The molecule has 0 aliphatic heterocycles. The van der Waals surface area contributed by atoms with Crippen LogP contribution in [0.2, 0.25) is 0 Å². The maximum Gasteiger partial charge on any atom is 0.240 e. The summed E-state index contributed by atoms with van der Waals surface area (Å²) in [5.74, 6) is 0.207. The Morgan fingerprint density at radius 1 is 1.53 bits per heavy atom. The van der Waals surface area contributed by atoms with Gasteiger partial charge in [0, 0.05) is 11.4 Å². The number of thiophene rings is 1. The topological polar surface area (TPSA) is 46.3 Å². The standard InChI is InChI=1S/C12H19BrN2OS/c1-4-15(12(16)11(14)8(2)3)7-9-5-6-10(13)17-9/h5-6,8,11H,4,7,14H2,1-3H3/t11-/m0/s1. The van der Waals surface area contributed by atoms with Crippen molar-refractivity contribution < 1.29 is 4.79 Å². The zero-order valence-electron chi connectivity index (χ0n) is 10.4. The van der Waals surface area contributed by atoms with Crippen LogP contribution in [-0.4, -0.2) is 23.4 Å². The Hall–Kier alpha value is -0.390. The average molecular weight is 319 g/mol. The van der Waals surface area contributed by atoms with Gasteiger partial charge in [0.2, 0.25) is 5.91 Å². The summed E-state index contributed by atoms with van der Waals surface area (Å²) in [5, 5.41) is 0. The van der Waals surface area contributed by atoms with Gasteiger partial charge in [0.25, 0.3) is 0 Å². The normalized spacial score (nSPS) is 12.8. The van der Waals surface area contributed by atoms with E-state index in [4.69, 9.17) is 5.73 Å². The van der Waals surface area contributed by atoms with Crippen LogP contribution in [0.15, 0.2) is 15.9 Å². The largest absolute Gasteiger partial charge is 0.336 e. The molecule has 3 nitrogen and oxygen atoms in total. The quantitative estimate of drug-likeness (QED) is 0.907. The van der Waals surface area contributed by atoms with Crippen molar-refractivity contribution in [1.82, 2.24) is 4.90 Å². The molecule has 1 aromatic heterocycles. The van der Waals surface area contributed by atoms with E-state index in [0.717, 1.165) is 3.79 Å². The molecule has 0 saturated heterocycles. The Balaban J connectivity index is 2.68. The van der Waals surface area contributed by atoms with E-state index < -0.39 is 6.04 Å². The van der Waals surface area contributed by atoms with Crippen LogP contribution in [0.25, 0.3) is 0 Å². The number of halogens is 1. The van der Waals surface area contributed by atoms with E-state index in [0.29, 0.717) is 13.1 Å². The lowest BCUT2D eigenvalue weighted by Gasteiger charge is -2.25. The lowest BCUT2D eigenvalue weighted by Crippen LogP contribution is -2.46. The Bertz CT molecular complexity index is 378. The minimum Gasteiger partial charge on any atom is -0.336 e. The number of nitrogens with two attached hydrogens (primary N) is 1. The van der Waals surface area contributed by atoms with Crippen molar-refractivity contribution >= 4 is 33.2 Å². The number of hydrogen-bond acceptors (Lipinski definition) is 3. The molecule has 0 aliphatic rings. The molecule has 5 heteroatoms. The van der Waals surface area contributed by atoms with Crippen molar-refractivity contribution in [2.45, 2.75) is 33.4 Å². The number of likely N-dealkylation sites (N-methyl/N-ethyl adjacent to an activating group) is 1. The van der Waals surface area contributed by atoms with Crippen LogP contribution in [0.1, 0.15) is 25.6 Å². The Morgan fingerprint density at radius 2 is 2.18 bits per heavy atom. The van der Waals surface area contributed by atoms with E-state index in [-0.39, 0.29) is 11.8 Å². The second-order valence-electron chi connectivity index (χ2n) is 4.33. The molecule has 1 heterocycles. The van der Waals surface area contributed by atoms with Crippen LogP contribution in [-0.2, 0) is 11.3 Å². The van der Waals surface area contributed by atoms with Crippen LogP contribution in [0.4, 0.5) is 0 Å². The first kappa shape index (κ1) is 14.7. The Labute approximate surface area is 115 Å². The predicted octanol–water partition coefficient (Wildman–Crippen LogP) is 2.84. The van der Waals surface area contributed by atoms with Crippen molar-refractivity contribution in [3.63, 3.8) is 0 Å². The fraction of sp³-hybridized carbons (Fsp3) is 0.583. The molecule has 0 fully saturated rings. The third-order valence-electron chi connectivity index (χ3n) is 2.67. The number of nitrogens with zero attached hydrogens (tertiary/aromatic N) is 1. The van der Waals surface area contributed by atoms with Crippen molar-refractivity contribution in [2.24, 2.45) is 11.7 Å². The molecule has 0 aromatic carbocycles. The van der Waals surface area contributed by atoms with E-state index in [9.17, 15) is 4.79 Å². The predicted molar refractivity (Wildman–Crippen MR) is 75.9 cm³/mol. The summed E-state index contributed by atoms with van der Waals surface area (Å²) in [6.07, 6.45) is 0. The number of carbonyl (C=O) groups excluding carboxylic acids is 1. The van der Waals surface area contributed by atoms with E-state index in [1.807, 2.05) is 37.8 Å². The van der Waals surface area contributed by atoms with Gasteiger partial charge in [-0.2, -0.15) is 0 Å². The van der Waals surface area contributed by atoms with Crippen LogP contribution < -0.4 is 5.73 Å². The molecule has 0 bridgehead atoms. The van der Waals surface area contributed by atoms with Crippen LogP contribution in [0.5, 0.6) is 0 Å². The molecule has 0 spiro atoms. The molecular formula is C12H19BrN2OS. The average Bonchev–Trinajstić information content (AvgIpc) is 2.69. The van der Waals surface area contributed by atoms with Gasteiger partial charge < -0.3 is 10.6 Å². The first-order chi connectivity index (χ1) is 7.95. The first-order valence-electron chi connectivity index (χ1n) is 5.74. The van der Waals surface area contributed by atoms with Gasteiger partial charge in [-0.05, 0) is 40.9 Å². The van der Waals surface area contributed by atoms with E-state index in [1.165, 1.54) is 4.88 Å². The summed E-state index contributed by atoms with van der Waals surface area (Å²) in [7, 11) is 0. The Morgan fingerprint density at radius 3 is 2.59 bits per heavy atom. The molecule has 0 unspecified atom stereocenters. The van der Waals surface area contributed by atoms with Gasteiger partial charge in [-0.15, -0.1) is 11.3 Å². The molecule has 0 aliphatic carbocycles. The van der Waals surface area contributed by atoms with Crippen LogP contribution in [0, 0.1) is 5.92 Å². The monoisotopic (exact) mass is 318 g/mol. The summed E-state index contributed by atoms with van der Waals surface area (Å²) < 4.78 is 1.09. The maximum absolute atomic E-state index is 12.1. The fourth-order valence-electron chi connectivity index (χ4n) is 1.47. The van der Waals surface area contributed by atoms with Gasteiger partial charge in [-0.1, -0.05) is 13.8 Å². The van der Waals surface area contributed by atoms with Gasteiger partial charge in [0.15, 0.2) is 0 Å². The summed E-state index contributed by atoms with van der Waals surface area (Å²) >= 11 is 5.07. The van der Waals surface area contributed by atoms with Gasteiger partial charge in [-0.25, -0.2) is 0 Å². The lowest BCUT2D eigenvalue weighted by atomic mass is 10.0. The van der Waals surface area contributed by atoms with Crippen LogP contribution in [0.3, 0.4) is 0 Å². The highest BCUT2D eigenvalue weighted by Crippen LogP contribution is 2.23. The number of rotatable bonds is 5. The number of hydrogen-bond donors (Lipinski definition) is 1. The summed E-state index contributed by atoms with van der Waals surface area (Å²) in [6, 6.07) is 3.63. The fourth-order valence-corrected chi connectivity index (χ4v) is 2.97. The van der Waals surface area contributed by atoms with E-state index >= 15 is 0 Å². The van der Waals surface area contributed by atoms with Crippen molar-refractivity contribution in [3.8, 4) is 0 Å². The van der Waals surface area contributed by atoms with Crippen molar-refractivity contribution in [2.75, 3.05) is 6.54 Å².